The Morgan fingerprint density at radius 2 is 1.76 bits per heavy atom. The molecule has 8 nitrogen and oxygen atoms in total. The third-order valence-electron chi connectivity index (χ3n) is 9.04. The summed E-state index contributed by atoms with van der Waals surface area (Å²) in [5, 5.41) is 5.39. The molecule has 42 heavy (non-hydrogen) atoms. The average molecular weight is 594 g/mol. The van der Waals surface area contributed by atoms with Crippen molar-refractivity contribution in [1.29, 1.82) is 0 Å². The molecule has 2 unspecified atom stereocenters. The maximum atomic E-state index is 14.2. The van der Waals surface area contributed by atoms with Crippen molar-refractivity contribution in [2.45, 2.75) is 89.8 Å². The van der Waals surface area contributed by atoms with Gasteiger partial charge >= 0.3 is 5.97 Å². The van der Waals surface area contributed by atoms with Crippen LogP contribution in [0.4, 0.5) is 0 Å². The zero-order valence-electron chi connectivity index (χ0n) is 25.0. The quantitative estimate of drug-likeness (QED) is 0.406. The van der Waals surface area contributed by atoms with Crippen LogP contribution in [-0.4, -0.2) is 64.4 Å². The number of halogens is 1. The van der Waals surface area contributed by atoms with Crippen molar-refractivity contribution >= 4 is 35.0 Å². The summed E-state index contributed by atoms with van der Waals surface area (Å²) in [5.74, 6) is -0.346. The van der Waals surface area contributed by atoms with E-state index in [1.165, 1.54) is 4.68 Å². The number of aromatic nitrogens is 2. The average Bonchev–Trinajstić information content (AvgIpc) is 3.71. The Kier molecular flexibility index (Phi) is 7.81. The van der Waals surface area contributed by atoms with Gasteiger partial charge in [-0.15, -0.1) is 0 Å². The van der Waals surface area contributed by atoms with E-state index < -0.39 is 5.60 Å². The highest BCUT2D eigenvalue weighted by molar-refractivity contribution is 6.34. The van der Waals surface area contributed by atoms with E-state index in [2.05, 4.69) is 6.08 Å². The number of allylic oxidation sites excluding steroid dienone is 2. The van der Waals surface area contributed by atoms with Crippen molar-refractivity contribution in [2.75, 3.05) is 20.2 Å². The van der Waals surface area contributed by atoms with E-state index in [1.54, 1.807) is 13.2 Å². The van der Waals surface area contributed by atoms with Crippen LogP contribution in [0, 0.1) is 11.8 Å². The van der Waals surface area contributed by atoms with E-state index in [4.69, 9.17) is 26.2 Å². The van der Waals surface area contributed by atoms with Crippen LogP contribution in [0.25, 0.3) is 5.57 Å². The molecule has 1 saturated carbocycles. The van der Waals surface area contributed by atoms with Gasteiger partial charge in [-0.25, -0.2) is 0 Å². The molecule has 1 aliphatic heterocycles. The fraction of sp³-hybridized carbons (Fsp3) is 0.576. The Morgan fingerprint density at radius 1 is 1.02 bits per heavy atom. The van der Waals surface area contributed by atoms with Gasteiger partial charge in [-0.3, -0.25) is 14.4 Å². The molecule has 224 valence electrons. The maximum Gasteiger partial charge on any atom is 0.309 e. The molecule has 4 aliphatic rings. The summed E-state index contributed by atoms with van der Waals surface area (Å²) in [6, 6.07) is 5.66. The Bertz CT molecular complexity index is 1440. The molecule has 3 aliphatic carbocycles. The van der Waals surface area contributed by atoms with E-state index in [1.807, 2.05) is 37.8 Å². The van der Waals surface area contributed by atoms with E-state index in [0.29, 0.717) is 68.1 Å². The number of benzene rings is 1. The first-order valence-corrected chi connectivity index (χ1v) is 15.6. The Morgan fingerprint density at radius 3 is 2.40 bits per heavy atom. The van der Waals surface area contributed by atoms with Crippen LogP contribution in [0.5, 0.6) is 0 Å². The molecule has 2 heterocycles. The Hall–Kier alpha value is -2.97. The predicted molar refractivity (Wildman–Crippen MR) is 159 cm³/mol. The number of likely N-dealkylation sites (tertiary alicyclic amines) is 1. The summed E-state index contributed by atoms with van der Waals surface area (Å²) in [4.78, 5) is 42.2. The number of methoxy groups -OCH3 is 1. The fourth-order valence-corrected chi connectivity index (χ4v) is 6.79. The number of nitrogens with zero attached hydrogens (tertiary/aromatic N) is 3. The number of carbonyl (C=O) groups is 3. The predicted octanol–water partition coefficient (Wildman–Crippen LogP) is 5.59. The molecule has 1 saturated heterocycles. The largest absolute Gasteiger partial charge is 0.460 e. The van der Waals surface area contributed by atoms with Crippen molar-refractivity contribution in [3.8, 4) is 0 Å². The van der Waals surface area contributed by atoms with Crippen LogP contribution in [0.3, 0.4) is 0 Å². The summed E-state index contributed by atoms with van der Waals surface area (Å²) in [7, 11) is 1.67. The van der Waals surface area contributed by atoms with Gasteiger partial charge in [-0.2, -0.15) is 9.78 Å². The van der Waals surface area contributed by atoms with Gasteiger partial charge in [-0.1, -0.05) is 29.8 Å². The highest BCUT2D eigenvalue weighted by atomic mass is 35.5. The van der Waals surface area contributed by atoms with E-state index in [9.17, 15) is 14.4 Å². The summed E-state index contributed by atoms with van der Waals surface area (Å²) >= 11 is 6.66. The maximum absolute atomic E-state index is 14.2. The van der Waals surface area contributed by atoms with Crippen LogP contribution < -0.4 is 0 Å². The first-order chi connectivity index (χ1) is 20.0. The number of esters is 1. The lowest BCUT2D eigenvalue weighted by molar-refractivity contribution is -0.160. The summed E-state index contributed by atoms with van der Waals surface area (Å²) in [6.07, 6.45) is 8.02. The zero-order valence-corrected chi connectivity index (χ0v) is 25.7. The topological polar surface area (TPSA) is 90.7 Å². The number of hydrogen-bond acceptors (Lipinski definition) is 6. The number of hydrogen-bond donors (Lipinski definition) is 0. The van der Waals surface area contributed by atoms with Gasteiger partial charge in [-0.05, 0) is 88.8 Å². The van der Waals surface area contributed by atoms with Crippen LogP contribution in [0.2, 0.25) is 5.02 Å². The minimum absolute atomic E-state index is 0.0932. The van der Waals surface area contributed by atoms with Crippen LogP contribution in [0.15, 0.2) is 24.3 Å². The molecule has 0 radical (unpaired) electrons. The Balaban J connectivity index is 1.32. The lowest BCUT2D eigenvalue weighted by atomic mass is 9.82. The molecule has 0 bridgehead atoms. The SMILES string of the molecule is COC1CN(C(=O)C2CCc3c(C4=CCC(C(=O)OC(C)(C)C)CC4)nn(C(=O)c4c(Cl)cccc4C4CC4)c3C2)C1. The minimum atomic E-state index is -0.522. The van der Waals surface area contributed by atoms with Crippen molar-refractivity contribution in [2.24, 2.45) is 11.8 Å². The highest BCUT2D eigenvalue weighted by Crippen LogP contribution is 2.44. The number of fused-ring (bicyclic) bond motifs is 1. The third kappa shape index (κ3) is 5.68. The first-order valence-electron chi connectivity index (χ1n) is 15.2. The van der Waals surface area contributed by atoms with Crippen molar-refractivity contribution in [3.63, 3.8) is 0 Å². The highest BCUT2D eigenvalue weighted by Gasteiger charge is 2.40. The van der Waals surface area contributed by atoms with Gasteiger partial charge in [0.15, 0.2) is 0 Å². The van der Waals surface area contributed by atoms with Crippen molar-refractivity contribution < 1.29 is 23.9 Å². The number of amides is 1. The molecule has 0 N–H and O–H groups in total. The smallest absolute Gasteiger partial charge is 0.309 e. The minimum Gasteiger partial charge on any atom is -0.460 e. The normalized spacial score (nSPS) is 22.7. The second kappa shape index (κ2) is 11.3. The molecular formula is C33H40ClN3O5. The second-order valence-corrected chi connectivity index (χ2v) is 13.7. The second-order valence-electron chi connectivity index (χ2n) is 13.2. The Labute approximate surface area is 252 Å². The van der Waals surface area contributed by atoms with E-state index >= 15 is 0 Å². The fourth-order valence-electron chi connectivity index (χ4n) is 6.53. The molecule has 6 rings (SSSR count). The summed E-state index contributed by atoms with van der Waals surface area (Å²) in [5.41, 5.74) is 4.68. The first kappa shape index (κ1) is 29.1. The molecule has 1 aromatic heterocycles. The number of carbonyl (C=O) groups excluding carboxylic acids is 3. The molecule has 1 aromatic carbocycles. The van der Waals surface area contributed by atoms with Gasteiger partial charge < -0.3 is 14.4 Å². The van der Waals surface area contributed by atoms with Gasteiger partial charge in [0.2, 0.25) is 5.91 Å². The standard InChI is InChI=1S/C33H40ClN3O5/c1-33(2,3)42-32(40)21-12-10-20(11-13-21)29-25-15-14-22(30(38)36-17-23(18-36)41-4)16-27(25)37(35-29)31(39)28-24(19-8-9-19)6-5-7-26(28)34/h5-7,10,19,21-23H,8-9,11-18H2,1-4H3. The van der Waals surface area contributed by atoms with Crippen LogP contribution in [-0.2, 0) is 31.9 Å². The van der Waals surface area contributed by atoms with Gasteiger partial charge in [0.05, 0.1) is 34.0 Å². The van der Waals surface area contributed by atoms with Crippen molar-refractivity contribution in [3.05, 3.63) is 57.4 Å². The molecule has 2 fully saturated rings. The monoisotopic (exact) mass is 593 g/mol. The summed E-state index contributed by atoms with van der Waals surface area (Å²) < 4.78 is 12.5. The van der Waals surface area contributed by atoms with Gasteiger partial charge in [0.1, 0.15) is 5.60 Å². The van der Waals surface area contributed by atoms with Gasteiger partial charge in [0.25, 0.3) is 5.91 Å². The van der Waals surface area contributed by atoms with E-state index in [-0.39, 0.29) is 35.7 Å². The number of ether oxygens (including phenoxy) is 2. The van der Waals surface area contributed by atoms with Gasteiger partial charge in [0, 0.05) is 38.1 Å². The molecule has 1 amide bonds. The lowest BCUT2D eigenvalue weighted by Crippen LogP contribution is -2.56. The molecule has 2 atom stereocenters. The summed E-state index contributed by atoms with van der Waals surface area (Å²) in [6.45, 7) is 6.87. The van der Waals surface area contributed by atoms with Crippen molar-refractivity contribution in [1.82, 2.24) is 14.7 Å². The third-order valence-corrected chi connectivity index (χ3v) is 9.35. The molecule has 2 aromatic rings. The van der Waals surface area contributed by atoms with Crippen LogP contribution >= 0.6 is 11.6 Å². The zero-order chi connectivity index (χ0) is 29.8. The lowest BCUT2D eigenvalue weighted by Gasteiger charge is -2.40. The molecule has 9 heteroatoms. The van der Waals surface area contributed by atoms with E-state index in [0.717, 1.165) is 40.9 Å². The molecule has 0 spiro atoms. The molecular weight excluding hydrogens is 554 g/mol. The van der Waals surface area contributed by atoms with Crippen LogP contribution in [0.1, 0.15) is 98.1 Å². The number of rotatable bonds is 6.